The largest absolute Gasteiger partial charge is 0.280 e. The number of aromatic nitrogens is 1. The van der Waals surface area contributed by atoms with Gasteiger partial charge in [-0.05, 0) is 23.6 Å². The maximum absolute atomic E-state index is 13.0. The van der Waals surface area contributed by atoms with E-state index in [1.54, 1.807) is 35.6 Å². The van der Waals surface area contributed by atoms with Crippen molar-refractivity contribution in [3.05, 3.63) is 102 Å². The van der Waals surface area contributed by atoms with E-state index in [0.717, 1.165) is 27.2 Å². The van der Waals surface area contributed by atoms with Crippen LogP contribution >= 0.6 is 11.3 Å². The number of hydrogen-bond acceptors (Lipinski definition) is 4. The van der Waals surface area contributed by atoms with Gasteiger partial charge < -0.3 is 0 Å². The number of rotatable bonds is 5. The first-order valence-corrected chi connectivity index (χ1v) is 12.1. The molecule has 0 unspecified atom stereocenters. The number of benzene rings is 4. The predicted molar refractivity (Wildman–Crippen MR) is 128 cm³/mol. The second-order valence-corrected chi connectivity index (χ2v) is 9.57. The standard InChI is InChI=1S/C25H18N2O2S2/c28-31(29,24-12-6-10-18-7-4-5-11-22(18)24)27-21-15-13-19(14-16-21)23-17-30-25(26-23)20-8-2-1-3-9-20/h1-17,27H. The second-order valence-electron chi connectivity index (χ2n) is 7.06. The third kappa shape index (κ3) is 3.95. The van der Waals surface area contributed by atoms with Crippen LogP contribution in [0.5, 0.6) is 0 Å². The molecule has 152 valence electrons. The fourth-order valence-electron chi connectivity index (χ4n) is 3.47. The van der Waals surface area contributed by atoms with Gasteiger partial charge in [-0.1, -0.05) is 78.9 Å². The fraction of sp³-hybridized carbons (Fsp3) is 0. The highest BCUT2D eigenvalue weighted by Gasteiger charge is 2.17. The Balaban J connectivity index is 1.40. The van der Waals surface area contributed by atoms with Gasteiger partial charge in [0.25, 0.3) is 10.0 Å². The summed E-state index contributed by atoms with van der Waals surface area (Å²) in [7, 11) is -3.71. The van der Waals surface area contributed by atoms with Gasteiger partial charge in [-0.2, -0.15) is 0 Å². The van der Waals surface area contributed by atoms with Crippen molar-refractivity contribution in [2.45, 2.75) is 4.90 Å². The number of nitrogens with one attached hydrogen (secondary N) is 1. The molecule has 0 atom stereocenters. The van der Waals surface area contributed by atoms with E-state index in [2.05, 4.69) is 4.72 Å². The summed E-state index contributed by atoms with van der Waals surface area (Å²) in [5.74, 6) is 0. The van der Waals surface area contributed by atoms with Gasteiger partial charge in [0.15, 0.2) is 0 Å². The molecule has 0 saturated heterocycles. The van der Waals surface area contributed by atoms with Crippen molar-refractivity contribution in [3.63, 3.8) is 0 Å². The normalized spacial score (nSPS) is 11.5. The van der Waals surface area contributed by atoms with Crippen LogP contribution < -0.4 is 4.72 Å². The molecule has 1 heterocycles. The SMILES string of the molecule is O=S(=O)(Nc1ccc(-c2csc(-c3ccccc3)n2)cc1)c1cccc2ccccc12. The van der Waals surface area contributed by atoms with Gasteiger partial charge in [-0.3, -0.25) is 4.72 Å². The van der Waals surface area contributed by atoms with Crippen molar-refractivity contribution in [1.82, 2.24) is 4.98 Å². The maximum atomic E-state index is 13.0. The Labute approximate surface area is 184 Å². The highest BCUT2D eigenvalue weighted by Crippen LogP contribution is 2.30. The van der Waals surface area contributed by atoms with E-state index >= 15 is 0 Å². The third-order valence-electron chi connectivity index (χ3n) is 5.00. The Bertz CT molecular complexity index is 1450. The lowest BCUT2D eigenvalue weighted by atomic mass is 10.1. The smallest absolute Gasteiger partial charge is 0.262 e. The van der Waals surface area contributed by atoms with Crippen LogP contribution in [-0.2, 0) is 10.0 Å². The molecule has 4 nitrogen and oxygen atoms in total. The van der Waals surface area contributed by atoms with Gasteiger partial charge in [0, 0.05) is 27.6 Å². The monoisotopic (exact) mass is 442 g/mol. The molecular formula is C25H18N2O2S2. The number of hydrogen-bond donors (Lipinski definition) is 1. The lowest BCUT2D eigenvalue weighted by molar-refractivity contribution is 0.602. The van der Waals surface area contributed by atoms with Crippen molar-refractivity contribution < 1.29 is 8.42 Å². The molecule has 0 aliphatic rings. The van der Waals surface area contributed by atoms with Gasteiger partial charge >= 0.3 is 0 Å². The van der Waals surface area contributed by atoms with Crippen molar-refractivity contribution in [2.75, 3.05) is 4.72 Å². The molecule has 4 aromatic carbocycles. The van der Waals surface area contributed by atoms with E-state index in [1.165, 1.54) is 0 Å². The summed E-state index contributed by atoms with van der Waals surface area (Å²) in [5, 5.41) is 4.55. The maximum Gasteiger partial charge on any atom is 0.262 e. The summed E-state index contributed by atoms with van der Waals surface area (Å²) in [4.78, 5) is 4.98. The van der Waals surface area contributed by atoms with Crippen LogP contribution in [0.1, 0.15) is 0 Å². The lowest BCUT2D eigenvalue weighted by Gasteiger charge is -2.11. The molecule has 5 rings (SSSR count). The van der Waals surface area contributed by atoms with Gasteiger partial charge in [-0.25, -0.2) is 13.4 Å². The molecule has 0 saturated carbocycles. The van der Waals surface area contributed by atoms with Crippen molar-refractivity contribution >= 4 is 37.8 Å². The number of thiazole rings is 1. The molecule has 0 spiro atoms. The summed E-state index contributed by atoms with van der Waals surface area (Å²) < 4.78 is 28.7. The van der Waals surface area contributed by atoms with Crippen LogP contribution in [0, 0.1) is 0 Å². The molecule has 31 heavy (non-hydrogen) atoms. The number of nitrogens with zero attached hydrogens (tertiary/aromatic N) is 1. The zero-order valence-corrected chi connectivity index (χ0v) is 18.0. The molecule has 0 amide bonds. The van der Waals surface area contributed by atoms with E-state index in [0.29, 0.717) is 11.1 Å². The second kappa shape index (κ2) is 7.98. The van der Waals surface area contributed by atoms with Crippen LogP contribution in [0.25, 0.3) is 32.6 Å². The summed E-state index contributed by atoms with van der Waals surface area (Å²) in [6, 6.07) is 30.1. The minimum Gasteiger partial charge on any atom is -0.280 e. The zero-order valence-electron chi connectivity index (χ0n) is 16.4. The van der Waals surface area contributed by atoms with Gasteiger partial charge in [0.05, 0.1) is 10.6 Å². The molecule has 5 aromatic rings. The van der Waals surface area contributed by atoms with Crippen molar-refractivity contribution in [3.8, 4) is 21.8 Å². The molecule has 0 aliphatic carbocycles. The average Bonchev–Trinajstić information content (AvgIpc) is 3.30. The average molecular weight is 443 g/mol. The summed E-state index contributed by atoms with van der Waals surface area (Å²) in [5.41, 5.74) is 3.40. The molecular weight excluding hydrogens is 424 g/mol. The first-order chi connectivity index (χ1) is 15.1. The Morgan fingerprint density at radius 3 is 2.23 bits per heavy atom. The zero-order chi connectivity index (χ0) is 21.3. The quantitative estimate of drug-likeness (QED) is 0.341. The molecule has 0 aliphatic heterocycles. The van der Waals surface area contributed by atoms with Crippen LogP contribution in [0.3, 0.4) is 0 Å². The van der Waals surface area contributed by atoms with E-state index in [9.17, 15) is 8.42 Å². The number of anilines is 1. The Kier molecular flexibility index (Phi) is 5.02. The van der Waals surface area contributed by atoms with Crippen LogP contribution in [0.2, 0.25) is 0 Å². The Morgan fingerprint density at radius 2 is 1.42 bits per heavy atom. The molecule has 1 N–H and O–H groups in total. The molecule has 0 fully saturated rings. The highest BCUT2D eigenvalue weighted by molar-refractivity contribution is 7.93. The summed E-state index contributed by atoms with van der Waals surface area (Å²) >= 11 is 1.59. The highest BCUT2D eigenvalue weighted by atomic mass is 32.2. The van der Waals surface area contributed by atoms with Gasteiger partial charge in [0.1, 0.15) is 5.01 Å². The van der Waals surface area contributed by atoms with Gasteiger partial charge in [0.2, 0.25) is 0 Å². The van der Waals surface area contributed by atoms with E-state index in [-0.39, 0.29) is 4.90 Å². The van der Waals surface area contributed by atoms with Crippen LogP contribution in [0.4, 0.5) is 5.69 Å². The van der Waals surface area contributed by atoms with E-state index < -0.39 is 10.0 Å². The van der Waals surface area contributed by atoms with E-state index in [1.807, 2.05) is 78.2 Å². The lowest BCUT2D eigenvalue weighted by Crippen LogP contribution is -2.13. The van der Waals surface area contributed by atoms with Crippen LogP contribution in [-0.4, -0.2) is 13.4 Å². The Morgan fingerprint density at radius 1 is 0.710 bits per heavy atom. The first-order valence-electron chi connectivity index (χ1n) is 9.72. The molecule has 0 radical (unpaired) electrons. The minimum atomic E-state index is -3.71. The van der Waals surface area contributed by atoms with Crippen LogP contribution in [0.15, 0.2) is 107 Å². The number of sulfonamides is 1. The molecule has 6 heteroatoms. The van der Waals surface area contributed by atoms with Gasteiger partial charge in [-0.15, -0.1) is 11.3 Å². The summed E-state index contributed by atoms with van der Waals surface area (Å²) in [6.45, 7) is 0. The van der Waals surface area contributed by atoms with Crippen molar-refractivity contribution in [1.29, 1.82) is 0 Å². The van der Waals surface area contributed by atoms with E-state index in [4.69, 9.17) is 4.98 Å². The number of fused-ring (bicyclic) bond motifs is 1. The summed E-state index contributed by atoms with van der Waals surface area (Å²) in [6.07, 6.45) is 0. The first kappa shape index (κ1) is 19.5. The molecule has 1 aromatic heterocycles. The minimum absolute atomic E-state index is 0.265. The Hall–Kier alpha value is -3.48. The third-order valence-corrected chi connectivity index (χ3v) is 7.33. The molecule has 0 bridgehead atoms. The predicted octanol–water partition coefficient (Wildman–Crippen LogP) is 6.43. The fourth-order valence-corrected chi connectivity index (χ4v) is 5.59. The topological polar surface area (TPSA) is 59.1 Å². The van der Waals surface area contributed by atoms with Crippen molar-refractivity contribution in [2.24, 2.45) is 0 Å².